The van der Waals surface area contributed by atoms with Gasteiger partial charge in [-0.3, -0.25) is 4.90 Å². The Morgan fingerprint density at radius 2 is 1.73 bits per heavy atom. The van der Waals surface area contributed by atoms with Crippen LogP contribution in [-0.2, 0) is 13.0 Å². The van der Waals surface area contributed by atoms with Gasteiger partial charge in [0, 0.05) is 23.7 Å². The SMILES string of the molecule is COc1ccc(N2C(=O)N(c3c(C)cccc3C)Cc3cnc(Cc4ccc(C5CCN(C)CC5)cc4OC(C)C)nc32)nc1. The van der Waals surface area contributed by atoms with Crippen molar-refractivity contribution in [2.75, 3.05) is 37.0 Å². The molecule has 2 aromatic carbocycles. The lowest BCUT2D eigenvalue weighted by Crippen LogP contribution is -2.46. The number of aromatic nitrogens is 3. The molecule has 45 heavy (non-hydrogen) atoms. The summed E-state index contributed by atoms with van der Waals surface area (Å²) in [6, 6.07) is 16.0. The Kier molecular flexibility index (Phi) is 8.72. The highest BCUT2D eigenvalue weighted by Gasteiger charge is 2.36. The molecule has 0 spiro atoms. The highest BCUT2D eigenvalue weighted by molar-refractivity contribution is 6.10. The van der Waals surface area contributed by atoms with Crippen LogP contribution in [0, 0.1) is 13.8 Å². The molecule has 6 rings (SSSR count). The first kappa shape index (κ1) is 30.5. The van der Waals surface area contributed by atoms with Crippen LogP contribution in [0.4, 0.5) is 22.1 Å². The van der Waals surface area contributed by atoms with Crippen molar-refractivity contribution in [1.82, 2.24) is 19.9 Å². The molecule has 2 aliphatic heterocycles. The number of para-hydroxylation sites is 1. The Hall–Kier alpha value is -4.50. The first-order valence-corrected chi connectivity index (χ1v) is 15.7. The van der Waals surface area contributed by atoms with Crippen molar-refractivity contribution in [2.45, 2.75) is 65.5 Å². The third-order valence-corrected chi connectivity index (χ3v) is 8.74. The van der Waals surface area contributed by atoms with Crippen LogP contribution in [0.3, 0.4) is 0 Å². The van der Waals surface area contributed by atoms with E-state index in [1.165, 1.54) is 5.56 Å². The molecule has 2 aliphatic rings. The van der Waals surface area contributed by atoms with E-state index in [4.69, 9.17) is 19.4 Å². The fraction of sp³-hybridized carbons (Fsp3) is 0.389. The van der Waals surface area contributed by atoms with E-state index in [1.807, 2.05) is 38.2 Å². The van der Waals surface area contributed by atoms with Gasteiger partial charge in [-0.1, -0.05) is 30.3 Å². The molecular weight excluding hydrogens is 564 g/mol. The molecule has 4 heterocycles. The predicted molar refractivity (Wildman–Crippen MR) is 177 cm³/mol. The molecule has 0 saturated carbocycles. The molecule has 234 valence electrons. The smallest absolute Gasteiger partial charge is 0.336 e. The van der Waals surface area contributed by atoms with Gasteiger partial charge in [-0.05, 0) is 101 Å². The van der Waals surface area contributed by atoms with E-state index in [0.29, 0.717) is 42.1 Å². The zero-order valence-corrected chi connectivity index (χ0v) is 27.1. The van der Waals surface area contributed by atoms with E-state index in [0.717, 1.165) is 59.6 Å². The lowest BCUT2D eigenvalue weighted by molar-refractivity contribution is 0.238. The predicted octanol–water partition coefficient (Wildman–Crippen LogP) is 6.96. The van der Waals surface area contributed by atoms with Crippen LogP contribution >= 0.6 is 0 Å². The fourth-order valence-corrected chi connectivity index (χ4v) is 6.36. The van der Waals surface area contributed by atoms with Crippen molar-refractivity contribution in [3.8, 4) is 11.5 Å². The Balaban J connectivity index is 1.37. The third-order valence-electron chi connectivity index (χ3n) is 8.74. The number of carbonyl (C=O) groups is 1. The molecule has 0 bridgehead atoms. The topological polar surface area (TPSA) is 83.9 Å². The zero-order valence-electron chi connectivity index (χ0n) is 27.1. The minimum absolute atomic E-state index is 0.0334. The highest BCUT2D eigenvalue weighted by atomic mass is 16.5. The second-order valence-corrected chi connectivity index (χ2v) is 12.4. The van der Waals surface area contributed by atoms with Crippen molar-refractivity contribution in [1.29, 1.82) is 0 Å². The van der Waals surface area contributed by atoms with Gasteiger partial charge < -0.3 is 14.4 Å². The minimum atomic E-state index is -0.214. The summed E-state index contributed by atoms with van der Waals surface area (Å²) in [6.07, 6.45) is 6.26. The molecule has 9 nitrogen and oxygen atoms in total. The van der Waals surface area contributed by atoms with Gasteiger partial charge >= 0.3 is 6.03 Å². The number of ether oxygens (including phenoxy) is 2. The Morgan fingerprint density at radius 3 is 2.40 bits per heavy atom. The number of pyridine rings is 1. The van der Waals surface area contributed by atoms with Crippen LogP contribution < -0.4 is 19.3 Å². The maximum atomic E-state index is 14.3. The normalized spacial score (nSPS) is 15.8. The summed E-state index contributed by atoms with van der Waals surface area (Å²) in [5.41, 5.74) is 6.11. The van der Waals surface area contributed by atoms with Gasteiger partial charge in [-0.25, -0.2) is 24.6 Å². The monoisotopic (exact) mass is 606 g/mol. The summed E-state index contributed by atoms with van der Waals surface area (Å²) in [6.45, 7) is 10.7. The molecule has 0 unspecified atom stereocenters. The van der Waals surface area contributed by atoms with Crippen LogP contribution in [-0.4, -0.2) is 59.2 Å². The maximum Gasteiger partial charge on any atom is 0.336 e. The number of fused-ring (bicyclic) bond motifs is 1. The average Bonchev–Trinajstić information content (AvgIpc) is 3.02. The molecule has 1 fully saturated rings. The van der Waals surface area contributed by atoms with Gasteiger partial charge in [-0.15, -0.1) is 0 Å². The number of rotatable bonds is 8. The number of anilines is 3. The van der Waals surface area contributed by atoms with Crippen molar-refractivity contribution in [2.24, 2.45) is 0 Å². The molecule has 9 heteroatoms. The number of carbonyl (C=O) groups excluding carboxylic acids is 1. The summed E-state index contributed by atoms with van der Waals surface area (Å²) in [5, 5.41) is 0. The Labute approximate surface area is 265 Å². The minimum Gasteiger partial charge on any atom is -0.495 e. The number of hydrogen-bond acceptors (Lipinski definition) is 7. The van der Waals surface area contributed by atoms with E-state index < -0.39 is 0 Å². The molecule has 0 N–H and O–H groups in total. The number of aryl methyl sites for hydroxylation is 2. The summed E-state index contributed by atoms with van der Waals surface area (Å²) in [7, 11) is 3.78. The molecule has 2 amide bonds. The number of nitrogens with zero attached hydrogens (tertiary/aromatic N) is 6. The van der Waals surface area contributed by atoms with Gasteiger partial charge in [0.1, 0.15) is 23.1 Å². The molecular formula is C36H42N6O3. The number of piperidine rings is 1. The molecule has 0 aliphatic carbocycles. The van der Waals surface area contributed by atoms with E-state index in [-0.39, 0.29) is 12.1 Å². The number of likely N-dealkylation sites (tertiary alicyclic amines) is 1. The molecule has 2 aromatic heterocycles. The number of hydrogen-bond donors (Lipinski definition) is 0. The quantitative estimate of drug-likeness (QED) is 0.214. The number of benzene rings is 2. The van der Waals surface area contributed by atoms with E-state index in [2.05, 4.69) is 49.0 Å². The first-order chi connectivity index (χ1) is 21.7. The van der Waals surface area contributed by atoms with E-state index in [1.54, 1.807) is 35.2 Å². The Morgan fingerprint density at radius 1 is 0.978 bits per heavy atom. The number of urea groups is 1. The van der Waals surface area contributed by atoms with E-state index >= 15 is 0 Å². The molecule has 0 radical (unpaired) electrons. The van der Waals surface area contributed by atoms with Crippen molar-refractivity contribution < 1.29 is 14.3 Å². The van der Waals surface area contributed by atoms with Gasteiger partial charge in [0.25, 0.3) is 0 Å². The van der Waals surface area contributed by atoms with Crippen LogP contribution in [0.5, 0.6) is 11.5 Å². The second kappa shape index (κ2) is 12.9. The summed E-state index contributed by atoms with van der Waals surface area (Å²) in [4.78, 5) is 34.5. The van der Waals surface area contributed by atoms with Crippen LogP contribution in [0.15, 0.2) is 60.9 Å². The van der Waals surface area contributed by atoms with Crippen LogP contribution in [0.1, 0.15) is 66.2 Å². The fourth-order valence-electron chi connectivity index (χ4n) is 6.36. The molecule has 1 saturated heterocycles. The summed E-state index contributed by atoms with van der Waals surface area (Å²) in [5.74, 6) is 3.63. The maximum absolute atomic E-state index is 14.3. The van der Waals surface area contributed by atoms with Gasteiger partial charge in [-0.2, -0.15) is 0 Å². The van der Waals surface area contributed by atoms with Crippen molar-refractivity contribution in [3.63, 3.8) is 0 Å². The second-order valence-electron chi connectivity index (χ2n) is 12.4. The third kappa shape index (κ3) is 6.35. The van der Waals surface area contributed by atoms with Gasteiger partial charge in [0.15, 0.2) is 5.82 Å². The molecule has 4 aromatic rings. The van der Waals surface area contributed by atoms with E-state index in [9.17, 15) is 4.79 Å². The van der Waals surface area contributed by atoms with Gasteiger partial charge in [0.2, 0.25) is 0 Å². The van der Waals surface area contributed by atoms with Crippen molar-refractivity contribution >= 4 is 23.4 Å². The van der Waals surface area contributed by atoms with Crippen LogP contribution in [0.25, 0.3) is 0 Å². The highest BCUT2D eigenvalue weighted by Crippen LogP contribution is 2.38. The number of methoxy groups -OCH3 is 1. The number of amides is 2. The van der Waals surface area contributed by atoms with Crippen molar-refractivity contribution in [3.05, 3.63) is 94.6 Å². The largest absolute Gasteiger partial charge is 0.495 e. The Bertz CT molecular complexity index is 1660. The first-order valence-electron chi connectivity index (χ1n) is 15.7. The standard InChI is InChI=1S/C36H42N6O3/c1-23(2)45-31-18-27(26-14-16-40(5)17-15-26)10-11-28(31)19-32-37-20-29-22-41(34-24(3)8-7-9-25(34)4)36(43)42(35(29)39-32)33-13-12-30(44-6)21-38-33/h7-13,18,20-21,23,26H,14-17,19,22H2,1-6H3. The van der Waals surface area contributed by atoms with Crippen LogP contribution in [0.2, 0.25) is 0 Å². The zero-order chi connectivity index (χ0) is 31.7. The summed E-state index contributed by atoms with van der Waals surface area (Å²) < 4.78 is 11.7. The molecule has 0 atom stereocenters. The lowest BCUT2D eigenvalue weighted by Gasteiger charge is -2.36. The average molecular weight is 607 g/mol. The summed E-state index contributed by atoms with van der Waals surface area (Å²) >= 11 is 0. The lowest BCUT2D eigenvalue weighted by atomic mass is 9.88. The van der Waals surface area contributed by atoms with Gasteiger partial charge in [0.05, 0.1) is 31.6 Å².